The summed E-state index contributed by atoms with van der Waals surface area (Å²) in [7, 11) is -1.23. The number of hydrogen-bond donors (Lipinski definition) is 3. The summed E-state index contributed by atoms with van der Waals surface area (Å²) in [5, 5.41) is 0. The van der Waals surface area contributed by atoms with Gasteiger partial charge in [-0.3, -0.25) is 15.6 Å². The molecular weight excluding hydrogens is 564 g/mol. The van der Waals surface area contributed by atoms with E-state index in [0.29, 0.717) is 23.7 Å². The standard InChI is InChI=1S/C28H43BrN6O2S/c1-19(2)34-27(9-10-27)17-33(18-28(34)11-12-28)16-20(3)37-26(32-30)23-13-21(29)14-25-24(23)15-31-35(25)38(36)22-7-5-4-6-8-22/h4-5,7,13-14,19-20,24-26,31-32H,6,8-12,15-18,30H2,1-3H3. The average molecular weight is 608 g/mol. The van der Waals surface area contributed by atoms with E-state index in [9.17, 15) is 4.21 Å². The Bertz CT molecular complexity index is 1060. The van der Waals surface area contributed by atoms with E-state index in [4.69, 9.17) is 10.6 Å². The topological polar surface area (TPSA) is 86.1 Å². The van der Waals surface area contributed by atoms with Gasteiger partial charge in [-0.1, -0.05) is 28.1 Å². The van der Waals surface area contributed by atoms with Gasteiger partial charge >= 0.3 is 0 Å². The highest BCUT2D eigenvalue weighted by Gasteiger charge is 2.64. The molecule has 6 rings (SSSR count). The highest BCUT2D eigenvalue weighted by Crippen LogP contribution is 2.57. The van der Waals surface area contributed by atoms with E-state index >= 15 is 0 Å². The fourth-order valence-electron chi connectivity index (χ4n) is 7.55. The van der Waals surface area contributed by atoms with Gasteiger partial charge < -0.3 is 4.74 Å². The normalized spacial score (nSPS) is 32.6. The molecule has 6 aliphatic rings. The Morgan fingerprint density at radius 2 is 1.95 bits per heavy atom. The molecule has 210 valence electrons. The van der Waals surface area contributed by atoms with Crippen LogP contribution in [-0.2, 0) is 15.7 Å². The molecule has 2 saturated carbocycles. The third kappa shape index (κ3) is 5.10. The van der Waals surface area contributed by atoms with Crippen molar-refractivity contribution in [3.8, 4) is 0 Å². The molecule has 0 bridgehead atoms. The predicted molar refractivity (Wildman–Crippen MR) is 156 cm³/mol. The quantitative estimate of drug-likeness (QED) is 0.211. The smallest absolute Gasteiger partial charge is 0.143 e. The Balaban J connectivity index is 1.12. The first-order chi connectivity index (χ1) is 18.2. The van der Waals surface area contributed by atoms with Crippen LogP contribution in [0.15, 0.2) is 45.3 Å². The molecule has 5 atom stereocenters. The van der Waals surface area contributed by atoms with Crippen molar-refractivity contribution in [1.29, 1.82) is 0 Å². The van der Waals surface area contributed by atoms with Gasteiger partial charge in [0.05, 0.1) is 12.1 Å². The van der Waals surface area contributed by atoms with Crippen molar-refractivity contribution in [3.05, 3.63) is 45.3 Å². The van der Waals surface area contributed by atoms with Crippen LogP contribution in [0.2, 0.25) is 0 Å². The number of hydrazine groups is 2. The summed E-state index contributed by atoms with van der Waals surface area (Å²) < 4.78 is 22.9. The van der Waals surface area contributed by atoms with Crippen LogP contribution in [0.3, 0.4) is 0 Å². The van der Waals surface area contributed by atoms with E-state index in [-0.39, 0.29) is 18.1 Å². The van der Waals surface area contributed by atoms with Crippen LogP contribution < -0.4 is 16.7 Å². The summed E-state index contributed by atoms with van der Waals surface area (Å²) in [4.78, 5) is 6.48. The van der Waals surface area contributed by atoms with E-state index in [1.54, 1.807) is 0 Å². The van der Waals surface area contributed by atoms with Gasteiger partial charge in [-0.15, -0.1) is 4.41 Å². The van der Waals surface area contributed by atoms with Crippen LogP contribution in [0.1, 0.15) is 59.3 Å². The summed E-state index contributed by atoms with van der Waals surface area (Å²) in [6.45, 7) is 10.8. The first kappa shape index (κ1) is 27.5. The molecule has 2 saturated heterocycles. The molecule has 2 spiro atoms. The summed E-state index contributed by atoms with van der Waals surface area (Å²) in [5.74, 6) is 6.22. The highest BCUT2D eigenvalue weighted by molar-refractivity contribution is 9.11. The number of nitrogens with one attached hydrogen (secondary N) is 2. The lowest BCUT2D eigenvalue weighted by Gasteiger charge is -2.51. The molecule has 38 heavy (non-hydrogen) atoms. The van der Waals surface area contributed by atoms with Crippen molar-refractivity contribution in [1.82, 2.24) is 25.1 Å². The number of hydrogen-bond acceptors (Lipinski definition) is 7. The Kier molecular flexibility index (Phi) is 7.67. The Hall–Kier alpha value is -0.690. The van der Waals surface area contributed by atoms with Crippen LogP contribution in [0.25, 0.3) is 0 Å². The van der Waals surface area contributed by atoms with Crippen LogP contribution in [0.4, 0.5) is 0 Å². The lowest BCUT2D eigenvalue weighted by molar-refractivity contribution is -0.0629. The maximum atomic E-state index is 13.4. The van der Waals surface area contributed by atoms with Gasteiger partial charge in [0.1, 0.15) is 17.2 Å². The number of piperazine rings is 1. The van der Waals surface area contributed by atoms with Gasteiger partial charge in [-0.2, -0.15) is 0 Å². The maximum absolute atomic E-state index is 13.4. The van der Waals surface area contributed by atoms with E-state index < -0.39 is 17.2 Å². The molecular formula is C28H43BrN6O2S. The first-order valence-electron chi connectivity index (χ1n) is 14.3. The number of rotatable bonds is 9. The third-order valence-electron chi connectivity index (χ3n) is 9.16. The molecule has 10 heteroatoms. The lowest BCUT2D eigenvalue weighted by Crippen LogP contribution is -2.64. The van der Waals surface area contributed by atoms with Crippen LogP contribution in [0, 0.1) is 5.92 Å². The monoisotopic (exact) mass is 606 g/mol. The van der Waals surface area contributed by atoms with Crippen molar-refractivity contribution in [2.75, 3.05) is 26.2 Å². The van der Waals surface area contributed by atoms with Gasteiger partial charge in [0, 0.05) is 58.6 Å². The van der Waals surface area contributed by atoms with Gasteiger partial charge in [-0.25, -0.2) is 15.1 Å². The fraction of sp³-hybridized carbons (Fsp3) is 0.714. The fourth-order valence-corrected chi connectivity index (χ4v) is 9.45. The average Bonchev–Trinajstić information content (AvgIpc) is 3.79. The number of ether oxygens (including phenoxy) is 1. The lowest BCUT2D eigenvalue weighted by atomic mass is 9.87. The number of nitrogens with two attached hydrogens (primary N) is 1. The van der Waals surface area contributed by atoms with Crippen LogP contribution in [0.5, 0.6) is 0 Å². The molecule has 4 aliphatic carbocycles. The number of halogens is 1. The van der Waals surface area contributed by atoms with Gasteiger partial charge in [-0.05, 0) is 83.1 Å². The Morgan fingerprint density at radius 1 is 1.24 bits per heavy atom. The zero-order valence-electron chi connectivity index (χ0n) is 22.9. The molecule has 0 amide bonds. The molecule has 0 aromatic rings. The van der Waals surface area contributed by atoms with Crippen molar-refractivity contribution in [3.63, 3.8) is 0 Å². The van der Waals surface area contributed by atoms with Crippen LogP contribution >= 0.6 is 15.9 Å². The van der Waals surface area contributed by atoms with Crippen molar-refractivity contribution < 1.29 is 8.95 Å². The maximum Gasteiger partial charge on any atom is 0.143 e. The minimum absolute atomic E-state index is 0.0241. The molecule has 2 heterocycles. The second-order valence-electron chi connectivity index (χ2n) is 12.4. The van der Waals surface area contributed by atoms with Gasteiger partial charge in [0.15, 0.2) is 0 Å². The highest BCUT2D eigenvalue weighted by atomic mass is 79.9. The van der Waals surface area contributed by atoms with E-state index in [0.717, 1.165) is 47.4 Å². The van der Waals surface area contributed by atoms with Crippen molar-refractivity contribution in [2.45, 2.75) is 94.8 Å². The molecule has 4 N–H and O–H groups in total. The minimum atomic E-state index is -1.23. The van der Waals surface area contributed by atoms with Gasteiger partial charge in [0.25, 0.3) is 0 Å². The minimum Gasteiger partial charge on any atom is -0.354 e. The molecule has 0 aromatic heterocycles. The Morgan fingerprint density at radius 3 is 2.53 bits per heavy atom. The third-order valence-corrected chi connectivity index (χ3v) is 11.2. The summed E-state index contributed by atoms with van der Waals surface area (Å²) in [6, 6.07) is 0.569. The van der Waals surface area contributed by atoms with E-state index in [2.05, 4.69) is 75.6 Å². The van der Waals surface area contributed by atoms with Gasteiger partial charge in [0.2, 0.25) is 0 Å². The zero-order chi connectivity index (χ0) is 26.7. The number of nitrogens with zero attached hydrogens (tertiary/aromatic N) is 3. The largest absolute Gasteiger partial charge is 0.354 e. The predicted octanol–water partition coefficient (Wildman–Crippen LogP) is 3.19. The number of allylic oxidation sites excluding steroid dienone is 6. The molecule has 2 aliphatic heterocycles. The van der Waals surface area contributed by atoms with Crippen molar-refractivity contribution in [2.24, 2.45) is 11.8 Å². The van der Waals surface area contributed by atoms with Crippen LogP contribution in [-0.4, -0.2) is 80.1 Å². The summed E-state index contributed by atoms with van der Waals surface area (Å²) in [5.41, 5.74) is 8.21. The van der Waals surface area contributed by atoms with E-state index in [1.165, 1.54) is 25.7 Å². The zero-order valence-corrected chi connectivity index (χ0v) is 25.3. The second-order valence-corrected chi connectivity index (χ2v) is 14.7. The SMILES string of the molecule is CC(CN1CC2(CC2)N(C(C)C)C2(CC2)C1)OC(NN)C1=CC(Br)=CC2C1CNN2S(=O)C1=CC=CCC1. The second kappa shape index (κ2) is 10.6. The molecule has 4 fully saturated rings. The Labute approximate surface area is 238 Å². The summed E-state index contributed by atoms with van der Waals surface area (Å²) in [6.07, 6.45) is 17.0. The molecule has 8 nitrogen and oxygen atoms in total. The van der Waals surface area contributed by atoms with Crippen molar-refractivity contribution >= 4 is 26.9 Å². The molecule has 0 radical (unpaired) electrons. The number of fused-ring (bicyclic) bond motifs is 1. The molecule has 5 unspecified atom stereocenters. The molecule has 0 aromatic carbocycles. The van der Waals surface area contributed by atoms with E-state index in [1.807, 2.05) is 16.6 Å². The summed E-state index contributed by atoms with van der Waals surface area (Å²) >= 11 is 3.71. The first-order valence-corrected chi connectivity index (χ1v) is 16.2.